The molecule has 2 aromatic carbocycles. The number of carbonyl (C=O) groups is 2. The number of carbonyl (C=O) groups excluding carboxylic acids is 2. The summed E-state index contributed by atoms with van der Waals surface area (Å²) in [5.74, 6) is 0.150. The second kappa shape index (κ2) is 9.90. The summed E-state index contributed by atoms with van der Waals surface area (Å²) in [7, 11) is -1.86. The van der Waals surface area contributed by atoms with E-state index in [-0.39, 0.29) is 17.5 Å². The van der Waals surface area contributed by atoms with Gasteiger partial charge in [0, 0.05) is 10.9 Å². The van der Waals surface area contributed by atoms with Gasteiger partial charge in [-0.1, -0.05) is 23.8 Å². The van der Waals surface area contributed by atoms with Crippen molar-refractivity contribution in [3.8, 4) is 5.75 Å². The number of thiazole rings is 1. The van der Waals surface area contributed by atoms with Crippen LogP contribution in [-0.4, -0.2) is 38.6 Å². The van der Waals surface area contributed by atoms with Gasteiger partial charge in [0.25, 0.3) is 0 Å². The predicted molar refractivity (Wildman–Crippen MR) is 124 cm³/mol. The van der Waals surface area contributed by atoms with E-state index in [0.717, 1.165) is 23.2 Å². The molecule has 0 saturated heterocycles. The molecule has 9 nitrogen and oxygen atoms in total. The molecule has 0 unspecified atom stereocenters. The maximum absolute atomic E-state index is 13.2. The smallest absolute Gasteiger partial charge is 0.325 e. The summed E-state index contributed by atoms with van der Waals surface area (Å²) >= 11 is 1.15. The van der Waals surface area contributed by atoms with E-state index >= 15 is 0 Å². The molecule has 168 valence electrons. The summed E-state index contributed by atoms with van der Waals surface area (Å²) in [6.07, 6.45) is 1.05. The summed E-state index contributed by atoms with van der Waals surface area (Å²) in [6.45, 7) is 1.87. The highest BCUT2D eigenvalue weighted by molar-refractivity contribution is 7.88. The fraction of sp³-hybridized carbons (Fsp3) is 0.190. The maximum atomic E-state index is 13.2. The van der Waals surface area contributed by atoms with Gasteiger partial charge in [0.2, 0.25) is 10.0 Å². The third-order valence-electron chi connectivity index (χ3n) is 4.31. The zero-order chi connectivity index (χ0) is 23.3. The van der Waals surface area contributed by atoms with E-state index in [1.807, 2.05) is 6.92 Å². The number of nitrogens with one attached hydrogen (secondary N) is 3. The lowest BCUT2D eigenvalue weighted by atomic mass is 9.99. The number of nitrogens with zero attached hydrogens (tertiary/aromatic N) is 1. The number of amides is 2. The predicted octanol–water partition coefficient (Wildman–Crippen LogP) is 3.38. The summed E-state index contributed by atoms with van der Waals surface area (Å²) in [6, 6.07) is 11.4. The van der Waals surface area contributed by atoms with E-state index in [4.69, 9.17) is 4.74 Å². The number of para-hydroxylation sites is 1. The lowest BCUT2D eigenvalue weighted by Crippen LogP contribution is -2.22. The van der Waals surface area contributed by atoms with Crippen LogP contribution in [0.3, 0.4) is 0 Å². The molecular weight excluding hydrogens is 452 g/mol. The van der Waals surface area contributed by atoms with Crippen molar-refractivity contribution in [2.45, 2.75) is 13.5 Å². The van der Waals surface area contributed by atoms with Crippen LogP contribution in [0.1, 0.15) is 27.2 Å². The van der Waals surface area contributed by atoms with Crippen molar-refractivity contribution in [1.82, 2.24) is 9.71 Å². The molecule has 0 bridgehead atoms. The van der Waals surface area contributed by atoms with Crippen molar-refractivity contribution in [3.63, 3.8) is 0 Å². The topological polar surface area (TPSA) is 126 Å². The average Bonchev–Trinajstić information content (AvgIpc) is 3.19. The van der Waals surface area contributed by atoms with E-state index in [9.17, 15) is 18.0 Å². The molecule has 3 aromatic rings. The minimum absolute atomic E-state index is 0.0220. The van der Waals surface area contributed by atoms with Crippen LogP contribution in [-0.2, 0) is 16.6 Å². The number of hydrogen-bond donors (Lipinski definition) is 3. The van der Waals surface area contributed by atoms with Crippen LogP contribution in [0.15, 0.2) is 47.8 Å². The number of benzene rings is 2. The van der Waals surface area contributed by atoms with E-state index in [1.54, 1.807) is 47.8 Å². The standard InChI is InChI=1S/C21H22N4O5S2/c1-13-8-9-17(16(10-13)19(26)15-6-4-5-7-18(15)30-2)24-20(27)25-21-23-14(12-31-21)11-22-32(3,28)29/h4-10,12,22H,11H2,1-3H3,(H2,23,24,25,27). The van der Waals surface area contributed by atoms with Crippen molar-refractivity contribution in [1.29, 1.82) is 0 Å². The van der Waals surface area contributed by atoms with Crippen LogP contribution in [0.25, 0.3) is 0 Å². The molecule has 32 heavy (non-hydrogen) atoms. The third kappa shape index (κ3) is 6.13. The van der Waals surface area contributed by atoms with E-state index in [2.05, 4.69) is 20.3 Å². The van der Waals surface area contributed by atoms with Gasteiger partial charge in [0.1, 0.15) is 5.75 Å². The van der Waals surface area contributed by atoms with Crippen molar-refractivity contribution in [2.24, 2.45) is 0 Å². The van der Waals surface area contributed by atoms with Crippen LogP contribution in [0.2, 0.25) is 0 Å². The SMILES string of the molecule is COc1ccccc1C(=O)c1cc(C)ccc1NC(=O)Nc1nc(CNS(C)(=O)=O)cs1. The summed E-state index contributed by atoms with van der Waals surface area (Å²) in [5, 5.41) is 7.20. The summed E-state index contributed by atoms with van der Waals surface area (Å²) in [4.78, 5) is 29.9. The van der Waals surface area contributed by atoms with Gasteiger partial charge in [0.05, 0.1) is 36.9 Å². The molecule has 0 radical (unpaired) electrons. The Kier molecular flexibility index (Phi) is 7.23. The fourth-order valence-corrected chi connectivity index (χ4v) is 3.95. The number of aryl methyl sites for hydroxylation is 1. The van der Waals surface area contributed by atoms with Crippen LogP contribution in [0, 0.1) is 6.92 Å². The molecule has 3 rings (SSSR count). The molecule has 3 N–H and O–H groups in total. The second-order valence-corrected chi connectivity index (χ2v) is 9.59. The minimum atomic E-state index is -3.35. The highest BCUT2D eigenvalue weighted by Crippen LogP contribution is 2.26. The molecule has 2 amide bonds. The first-order valence-corrected chi connectivity index (χ1v) is 12.2. The van der Waals surface area contributed by atoms with Crippen molar-refractivity contribution >= 4 is 44.0 Å². The Balaban J connectivity index is 1.76. The number of urea groups is 1. The maximum Gasteiger partial charge on any atom is 0.325 e. The highest BCUT2D eigenvalue weighted by atomic mass is 32.2. The molecule has 0 fully saturated rings. The van der Waals surface area contributed by atoms with Crippen molar-refractivity contribution in [2.75, 3.05) is 24.0 Å². The Morgan fingerprint density at radius 2 is 1.84 bits per heavy atom. The number of hydrogen-bond acceptors (Lipinski definition) is 7. The molecule has 0 spiro atoms. The van der Waals surface area contributed by atoms with Gasteiger partial charge in [-0.2, -0.15) is 0 Å². The van der Waals surface area contributed by atoms with Crippen LogP contribution < -0.4 is 20.1 Å². The normalized spacial score (nSPS) is 11.1. The van der Waals surface area contributed by atoms with Crippen molar-refractivity contribution in [3.05, 3.63) is 70.2 Å². The first-order chi connectivity index (χ1) is 15.2. The number of ether oxygens (including phenoxy) is 1. The molecule has 1 aromatic heterocycles. The largest absolute Gasteiger partial charge is 0.496 e. The average molecular weight is 475 g/mol. The van der Waals surface area contributed by atoms with E-state index < -0.39 is 16.1 Å². The number of sulfonamides is 1. The quantitative estimate of drug-likeness (QED) is 0.430. The van der Waals surface area contributed by atoms with Gasteiger partial charge in [-0.3, -0.25) is 10.1 Å². The van der Waals surface area contributed by atoms with Gasteiger partial charge in [0.15, 0.2) is 10.9 Å². The van der Waals surface area contributed by atoms with Crippen LogP contribution >= 0.6 is 11.3 Å². The molecule has 0 atom stereocenters. The van der Waals surface area contributed by atoms with E-state index in [0.29, 0.717) is 28.3 Å². The van der Waals surface area contributed by atoms with Crippen LogP contribution in [0.4, 0.5) is 15.6 Å². The van der Waals surface area contributed by atoms with Gasteiger partial charge in [-0.05, 0) is 31.2 Å². The molecule has 1 heterocycles. The summed E-state index contributed by atoms with van der Waals surface area (Å²) in [5.41, 5.74) is 2.36. The molecule has 0 aliphatic heterocycles. The highest BCUT2D eigenvalue weighted by Gasteiger charge is 2.19. The monoisotopic (exact) mass is 474 g/mol. The number of aromatic nitrogens is 1. The van der Waals surface area contributed by atoms with Gasteiger partial charge >= 0.3 is 6.03 Å². The Hall–Kier alpha value is -3.28. The Morgan fingerprint density at radius 3 is 2.56 bits per heavy atom. The zero-order valence-corrected chi connectivity index (χ0v) is 19.3. The second-order valence-electron chi connectivity index (χ2n) is 6.89. The Bertz CT molecular complexity index is 1250. The van der Waals surface area contributed by atoms with Gasteiger partial charge in [-0.25, -0.2) is 22.9 Å². The molecule has 11 heteroatoms. The molecular formula is C21H22N4O5S2. The Labute approximate surface area is 189 Å². The first-order valence-electron chi connectivity index (χ1n) is 9.41. The zero-order valence-electron chi connectivity index (χ0n) is 17.6. The number of anilines is 2. The number of ketones is 1. The molecule has 0 aliphatic carbocycles. The fourth-order valence-electron chi connectivity index (χ4n) is 2.83. The summed E-state index contributed by atoms with van der Waals surface area (Å²) < 4.78 is 30.0. The number of methoxy groups -OCH3 is 1. The Morgan fingerprint density at radius 1 is 1.09 bits per heavy atom. The van der Waals surface area contributed by atoms with E-state index in [1.165, 1.54) is 7.11 Å². The third-order valence-corrected chi connectivity index (χ3v) is 5.78. The lowest BCUT2D eigenvalue weighted by molar-refractivity contribution is 0.103. The van der Waals surface area contributed by atoms with Crippen LogP contribution in [0.5, 0.6) is 5.75 Å². The van der Waals surface area contributed by atoms with Gasteiger partial charge < -0.3 is 10.1 Å². The molecule has 0 saturated carbocycles. The number of rotatable bonds is 8. The molecule has 0 aliphatic rings. The first kappa shape index (κ1) is 23.4. The minimum Gasteiger partial charge on any atom is -0.496 e. The van der Waals surface area contributed by atoms with Gasteiger partial charge in [-0.15, -0.1) is 11.3 Å². The van der Waals surface area contributed by atoms with Crippen molar-refractivity contribution < 1.29 is 22.7 Å². The lowest BCUT2D eigenvalue weighted by Gasteiger charge is -2.13.